The molecule has 3 aromatic rings. The second-order valence-electron chi connectivity index (χ2n) is 4.97. The molecule has 0 aliphatic carbocycles. The van der Waals surface area contributed by atoms with E-state index < -0.39 is 0 Å². The highest BCUT2D eigenvalue weighted by atomic mass is 32.1. The number of carbonyl (C=O) groups excluding carboxylic acids is 1. The minimum Gasteiger partial charge on any atom is -0.426 e. The highest BCUT2D eigenvalue weighted by Gasteiger charge is 2.10. The number of carbonyl (C=O) groups is 1. The molecule has 3 nitrogen and oxygen atoms in total. The van der Waals surface area contributed by atoms with E-state index in [-0.39, 0.29) is 12.4 Å². The zero-order valence-electron chi connectivity index (χ0n) is 12.2. The maximum Gasteiger partial charge on any atom is 0.317 e. The fourth-order valence-electron chi connectivity index (χ4n) is 2.02. The van der Waals surface area contributed by atoms with Crippen molar-refractivity contribution in [3.8, 4) is 16.3 Å². The standard InChI is InChI=1S/C18H15NO2S/c1-13-7-9-16(10-8-13)21-17(20)11-15-12-22-18(19-15)14-5-3-2-4-6-14/h2-10,12H,11H2,1H3. The van der Waals surface area contributed by atoms with Crippen LogP contribution in [0.25, 0.3) is 10.6 Å². The molecule has 0 saturated heterocycles. The van der Waals surface area contributed by atoms with Gasteiger partial charge < -0.3 is 4.74 Å². The molecule has 0 radical (unpaired) electrons. The van der Waals surface area contributed by atoms with Crippen molar-refractivity contribution >= 4 is 17.3 Å². The number of aromatic nitrogens is 1. The summed E-state index contributed by atoms with van der Waals surface area (Å²) in [6.45, 7) is 1.99. The van der Waals surface area contributed by atoms with Crippen LogP contribution in [0, 0.1) is 6.92 Å². The number of thiazole rings is 1. The molecule has 0 fully saturated rings. The van der Waals surface area contributed by atoms with Crippen molar-refractivity contribution in [3.05, 3.63) is 71.2 Å². The van der Waals surface area contributed by atoms with Gasteiger partial charge in [0.1, 0.15) is 10.8 Å². The van der Waals surface area contributed by atoms with Crippen LogP contribution in [-0.2, 0) is 11.2 Å². The van der Waals surface area contributed by atoms with Crippen molar-refractivity contribution in [2.75, 3.05) is 0 Å². The number of benzene rings is 2. The van der Waals surface area contributed by atoms with Crippen LogP contribution in [0.5, 0.6) is 5.75 Å². The fraction of sp³-hybridized carbons (Fsp3) is 0.111. The van der Waals surface area contributed by atoms with E-state index in [1.165, 1.54) is 11.3 Å². The fourth-order valence-corrected chi connectivity index (χ4v) is 2.85. The number of rotatable bonds is 4. The van der Waals surface area contributed by atoms with Crippen molar-refractivity contribution in [1.82, 2.24) is 4.98 Å². The molecule has 0 aliphatic rings. The molecule has 1 aromatic heterocycles. The third kappa shape index (κ3) is 3.59. The Morgan fingerprint density at radius 1 is 1.09 bits per heavy atom. The lowest BCUT2D eigenvalue weighted by atomic mass is 10.2. The third-order valence-electron chi connectivity index (χ3n) is 3.15. The van der Waals surface area contributed by atoms with Gasteiger partial charge in [-0.1, -0.05) is 48.0 Å². The Balaban J connectivity index is 1.65. The van der Waals surface area contributed by atoms with E-state index in [0.717, 1.165) is 21.8 Å². The summed E-state index contributed by atoms with van der Waals surface area (Å²) in [5.41, 5.74) is 2.93. The minimum atomic E-state index is -0.297. The first-order valence-corrected chi connectivity index (χ1v) is 7.86. The first-order valence-electron chi connectivity index (χ1n) is 6.98. The molecule has 0 aliphatic heterocycles. The van der Waals surface area contributed by atoms with Crippen LogP contribution >= 0.6 is 11.3 Å². The van der Waals surface area contributed by atoms with Gasteiger partial charge in [0.15, 0.2) is 0 Å². The van der Waals surface area contributed by atoms with Crippen molar-refractivity contribution in [3.63, 3.8) is 0 Å². The normalized spacial score (nSPS) is 10.4. The average molecular weight is 309 g/mol. The quantitative estimate of drug-likeness (QED) is 0.534. The summed E-state index contributed by atoms with van der Waals surface area (Å²) in [5, 5.41) is 2.82. The number of aryl methyl sites for hydroxylation is 1. The van der Waals surface area contributed by atoms with Gasteiger partial charge in [-0.05, 0) is 19.1 Å². The van der Waals surface area contributed by atoms with E-state index in [9.17, 15) is 4.79 Å². The third-order valence-corrected chi connectivity index (χ3v) is 4.09. The van der Waals surface area contributed by atoms with Crippen LogP contribution < -0.4 is 4.74 Å². The number of hydrogen-bond acceptors (Lipinski definition) is 4. The first-order chi connectivity index (χ1) is 10.7. The number of ether oxygens (including phenoxy) is 1. The SMILES string of the molecule is Cc1ccc(OC(=O)Cc2csc(-c3ccccc3)n2)cc1. The molecule has 110 valence electrons. The molecule has 0 N–H and O–H groups in total. The maximum atomic E-state index is 12.0. The van der Waals surface area contributed by atoms with Gasteiger partial charge in [-0.2, -0.15) is 0 Å². The van der Waals surface area contributed by atoms with Gasteiger partial charge in [-0.3, -0.25) is 4.79 Å². The maximum absolute atomic E-state index is 12.0. The second kappa shape index (κ2) is 6.54. The summed E-state index contributed by atoms with van der Waals surface area (Å²) < 4.78 is 5.31. The van der Waals surface area contributed by atoms with Crippen LogP contribution in [0.3, 0.4) is 0 Å². The second-order valence-corrected chi connectivity index (χ2v) is 5.83. The Bertz CT molecular complexity index is 763. The van der Waals surface area contributed by atoms with Crippen molar-refractivity contribution < 1.29 is 9.53 Å². The molecular formula is C18H15NO2S. The van der Waals surface area contributed by atoms with Gasteiger partial charge in [-0.25, -0.2) is 4.98 Å². The Morgan fingerprint density at radius 2 is 1.82 bits per heavy atom. The van der Waals surface area contributed by atoms with Gasteiger partial charge in [-0.15, -0.1) is 11.3 Å². The van der Waals surface area contributed by atoms with E-state index in [1.54, 1.807) is 12.1 Å². The van der Waals surface area contributed by atoms with Crippen LogP contribution in [-0.4, -0.2) is 11.0 Å². The average Bonchev–Trinajstić information content (AvgIpc) is 2.99. The Labute approximate surface area is 133 Å². The van der Waals surface area contributed by atoms with Gasteiger partial charge in [0.2, 0.25) is 0 Å². The molecule has 0 spiro atoms. The van der Waals surface area contributed by atoms with Crippen molar-refractivity contribution in [2.24, 2.45) is 0 Å². The Hall–Kier alpha value is -2.46. The van der Waals surface area contributed by atoms with Crippen molar-refractivity contribution in [2.45, 2.75) is 13.3 Å². The predicted octanol–water partition coefficient (Wildman–Crippen LogP) is 4.27. The molecule has 0 atom stereocenters. The van der Waals surface area contributed by atoms with Crippen LogP contribution in [0.2, 0.25) is 0 Å². The first kappa shape index (κ1) is 14.5. The Morgan fingerprint density at radius 3 is 2.55 bits per heavy atom. The van der Waals surface area contributed by atoms with E-state index in [0.29, 0.717) is 5.75 Å². The molecule has 0 unspecified atom stereocenters. The zero-order chi connectivity index (χ0) is 15.4. The highest BCUT2D eigenvalue weighted by Crippen LogP contribution is 2.23. The van der Waals surface area contributed by atoms with E-state index in [1.807, 2.05) is 54.8 Å². The molecule has 2 aromatic carbocycles. The minimum absolute atomic E-state index is 0.178. The van der Waals surface area contributed by atoms with Crippen molar-refractivity contribution in [1.29, 1.82) is 0 Å². The summed E-state index contributed by atoms with van der Waals surface area (Å²) in [4.78, 5) is 16.4. The van der Waals surface area contributed by atoms with Gasteiger partial charge in [0.25, 0.3) is 0 Å². The van der Waals surface area contributed by atoms with Gasteiger partial charge >= 0.3 is 5.97 Å². The van der Waals surface area contributed by atoms with Crippen LogP contribution in [0.1, 0.15) is 11.3 Å². The molecule has 0 bridgehead atoms. The number of hydrogen-bond donors (Lipinski definition) is 0. The summed E-state index contributed by atoms with van der Waals surface area (Å²) in [6.07, 6.45) is 0.178. The zero-order valence-corrected chi connectivity index (χ0v) is 13.0. The molecular weight excluding hydrogens is 294 g/mol. The number of nitrogens with zero attached hydrogens (tertiary/aromatic N) is 1. The largest absolute Gasteiger partial charge is 0.426 e. The summed E-state index contributed by atoms with van der Waals surface area (Å²) in [7, 11) is 0. The smallest absolute Gasteiger partial charge is 0.317 e. The van der Waals surface area contributed by atoms with Crippen LogP contribution in [0.4, 0.5) is 0 Å². The monoisotopic (exact) mass is 309 g/mol. The lowest BCUT2D eigenvalue weighted by Crippen LogP contribution is -2.11. The molecule has 0 amide bonds. The molecule has 0 saturated carbocycles. The topological polar surface area (TPSA) is 39.2 Å². The van der Waals surface area contributed by atoms with E-state index in [2.05, 4.69) is 4.98 Å². The summed E-state index contributed by atoms with van der Waals surface area (Å²) in [6, 6.07) is 17.4. The molecule has 4 heteroatoms. The predicted molar refractivity (Wildman–Crippen MR) is 88.1 cm³/mol. The lowest BCUT2D eigenvalue weighted by molar-refractivity contribution is -0.133. The summed E-state index contributed by atoms with van der Waals surface area (Å²) in [5.74, 6) is 0.267. The lowest BCUT2D eigenvalue weighted by Gasteiger charge is -2.03. The van der Waals surface area contributed by atoms with Gasteiger partial charge in [0, 0.05) is 10.9 Å². The molecule has 1 heterocycles. The van der Waals surface area contributed by atoms with E-state index >= 15 is 0 Å². The molecule has 3 rings (SSSR count). The summed E-state index contributed by atoms with van der Waals surface area (Å²) >= 11 is 1.53. The Kier molecular flexibility index (Phi) is 4.30. The van der Waals surface area contributed by atoms with Crippen LogP contribution in [0.15, 0.2) is 60.0 Å². The number of esters is 1. The van der Waals surface area contributed by atoms with E-state index in [4.69, 9.17) is 4.74 Å². The van der Waals surface area contributed by atoms with Gasteiger partial charge in [0.05, 0.1) is 12.1 Å². The highest BCUT2D eigenvalue weighted by molar-refractivity contribution is 7.13. The molecule has 22 heavy (non-hydrogen) atoms.